The number of morpholine rings is 1. The van der Waals surface area contributed by atoms with Crippen LogP contribution in [0.15, 0.2) is 0 Å². The van der Waals surface area contributed by atoms with Crippen molar-refractivity contribution in [1.82, 2.24) is 4.90 Å². The fourth-order valence-electron chi connectivity index (χ4n) is 1.58. The maximum Gasteiger partial charge on any atom is 0.0674 e. The normalized spacial score (nSPS) is 32.2. The van der Waals surface area contributed by atoms with Gasteiger partial charge >= 0.3 is 0 Å². The van der Waals surface area contributed by atoms with Gasteiger partial charge in [-0.15, -0.1) is 0 Å². The predicted molar refractivity (Wildman–Crippen MR) is 50.1 cm³/mol. The third-order valence-corrected chi connectivity index (χ3v) is 2.39. The Balaban J connectivity index is 2.28. The Morgan fingerprint density at radius 2 is 2.25 bits per heavy atom. The summed E-state index contributed by atoms with van der Waals surface area (Å²) in [4.78, 5) is 2.46. The summed E-state index contributed by atoms with van der Waals surface area (Å²) in [6.07, 6.45) is 1.48. The standard InChI is InChI=1S/C9H20N2O/c1-8-7-12-9(2)6-11(8)5-3-4-10/h8-9H,3-7,10H2,1-2H3. The molecule has 72 valence electrons. The van der Waals surface area contributed by atoms with Crippen LogP contribution in [0.5, 0.6) is 0 Å². The molecule has 2 N–H and O–H groups in total. The summed E-state index contributed by atoms with van der Waals surface area (Å²) < 4.78 is 5.53. The van der Waals surface area contributed by atoms with Gasteiger partial charge in [-0.05, 0) is 33.4 Å². The molecule has 0 radical (unpaired) electrons. The number of rotatable bonds is 3. The molecule has 12 heavy (non-hydrogen) atoms. The highest BCUT2D eigenvalue weighted by atomic mass is 16.5. The Morgan fingerprint density at radius 1 is 1.50 bits per heavy atom. The van der Waals surface area contributed by atoms with Gasteiger partial charge in [-0.2, -0.15) is 0 Å². The van der Waals surface area contributed by atoms with E-state index in [9.17, 15) is 0 Å². The summed E-state index contributed by atoms with van der Waals surface area (Å²) in [5.41, 5.74) is 5.47. The van der Waals surface area contributed by atoms with Crippen molar-refractivity contribution in [3.63, 3.8) is 0 Å². The van der Waals surface area contributed by atoms with Crippen LogP contribution in [0.25, 0.3) is 0 Å². The molecule has 1 aliphatic heterocycles. The van der Waals surface area contributed by atoms with Gasteiger partial charge in [0.2, 0.25) is 0 Å². The van der Waals surface area contributed by atoms with E-state index in [2.05, 4.69) is 18.7 Å². The van der Waals surface area contributed by atoms with Gasteiger partial charge in [-0.3, -0.25) is 4.90 Å². The van der Waals surface area contributed by atoms with Crippen molar-refractivity contribution in [3.8, 4) is 0 Å². The van der Waals surface area contributed by atoms with Crippen LogP contribution in [-0.4, -0.2) is 43.3 Å². The van der Waals surface area contributed by atoms with Crippen molar-refractivity contribution in [2.75, 3.05) is 26.2 Å². The van der Waals surface area contributed by atoms with Crippen LogP contribution in [0.1, 0.15) is 20.3 Å². The van der Waals surface area contributed by atoms with E-state index >= 15 is 0 Å². The second-order valence-corrected chi connectivity index (χ2v) is 3.63. The van der Waals surface area contributed by atoms with Crippen LogP contribution in [0.2, 0.25) is 0 Å². The van der Waals surface area contributed by atoms with Gasteiger partial charge in [0.15, 0.2) is 0 Å². The highest BCUT2D eigenvalue weighted by Crippen LogP contribution is 2.10. The van der Waals surface area contributed by atoms with Gasteiger partial charge in [0, 0.05) is 12.6 Å². The minimum atomic E-state index is 0.388. The van der Waals surface area contributed by atoms with E-state index in [0.29, 0.717) is 12.1 Å². The zero-order valence-corrected chi connectivity index (χ0v) is 8.12. The number of nitrogens with two attached hydrogens (primary N) is 1. The van der Waals surface area contributed by atoms with E-state index in [1.54, 1.807) is 0 Å². The Labute approximate surface area is 74.9 Å². The summed E-state index contributed by atoms with van der Waals surface area (Å²) in [7, 11) is 0. The molecule has 1 fully saturated rings. The lowest BCUT2D eigenvalue weighted by atomic mass is 10.2. The van der Waals surface area contributed by atoms with Crippen LogP contribution in [0, 0.1) is 0 Å². The molecule has 0 saturated carbocycles. The predicted octanol–water partition coefficient (Wildman–Crippen LogP) is 0.444. The molecule has 1 heterocycles. The van der Waals surface area contributed by atoms with Crippen LogP contribution in [0.4, 0.5) is 0 Å². The van der Waals surface area contributed by atoms with Crippen molar-refractivity contribution in [2.24, 2.45) is 5.73 Å². The maximum atomic E-state index is 5.53. The molecule has 0 aromatic carbocycles. The third kappa shape index (κ3) is 2.73. The highest BCUT2D eigenvalue weighted by Gasteiger charge is 2.22. The smallest absolute Gasteiger partial charge is 0.0674 e. The average Bonchev–Trinajstić information content (AvgIpc) is 2.07. The van der Waals surface area contributed by atoms with Crippen molar-refractivity contribution in [2.45, 2.75) is 32.4 Å². The number of hydrogen-bond donors (Lipinski definition) is 1. The summed E-state index contributed by atoms with van der Waals surface area (Å²) in [6.45, 7) is 8.17. The molecular weight excluding hydrogens is 152 g/mol. The minimum Gasteiger partial charge on any atom is -0.376 e. The number of nitrogens with zero attached hydrogens (tertiary/aromatic N) is 1. The van der Waals surface area contributed by atoms with Crippen LogP contribution < -0.4 is 5.73 Å². The van der Waals surface area contributed by atoms with E-state index in [0.717, 1.165) is 32.7 Å². The first-order chi connectivity index (χ1) is 5.74. The van der Waals surface area contributed by atoms with E-state index in [4.69, 9.17) is 10.5 Å². The van der Waals surface area contributed by atoms with Crippen molar-refractivity contribution in [1.29, 1.82) is 0 Å². The molecule has 0 bridgehead atoms. The third-order valence-electron chi connectivity index (χ3n) is 2.39. The van der Waals surface area contributed by atoms with E-state index in [1.807, 2.05) is 0 Å². The molecule has 0 aliphatic carbocycles. The van der Waals surface area contributed by atoms with Gasteiger partial charge in [0.05, 0.1) is 12.7 Å². The second kappa shape index (κ2) is 4.80. The van der Waals surface area contributed by atoms with E-state index in [-0.39, 0.29) is 0 Å². The van der Waals surface area contributed by atoms with E-state index < -0.39 is 0 Å². The Morgan fingerprint density at radius 3 is 2.92 bits per heavy atom. The minimum absolute atomic E-state index is 0.388. The molecule has 1 aliphatic rings. The van der Waals surface area contributed by atoms with Crippen molar-refractivity contribution < 1.29 is 4.74 Å². The van der Waals surface area contributed by atoms with Gasteiger partial charge in [-0.25, -0.2) is 0 Å². The average molecular weight is 172 g/mol. The second-order valence-electron chi connectivity index (χ2n) is 3.63. The van der Waals surface area contributed by atoms with Crippen LogP contribution in [0.3, 0.4) is 0 Å². The first-order valence-electron chi connectivity index (χ1n) is 4.79. The van der Waals surface area contributed by atoms with Gasteiger partial charge in [-0.1, -0.05) is 0 Å². The summed E-state index contributed by atoms with van der Waals surface area (Å²) in [5.74, 6) is 0. The fraction of sp³-hybridized carbons (Fsp3) is 1.00. The summed E-state index contributed by atoms with van der Waals surface area (Å²) in [5, 5.41) is 0. The first-order valence-corrected chi connectivity index (χ1v) is 4.79. The summed E-state index contributed by atoms with van der Waals surface area (Å²) in [6, 6.07) is 0.563. The molecule has 0 spiro atoms. The Kier molecular flexibility index (Phi) is 3.98. The van der Waals surface area contributed by atoms with Gasteiger partial charge in [0.1, 0.15) is 0 Å². The molecular formula is C9H20N2O. The van der Waals surface area contributed by atoms with Crippen LogP contribution >= 0.6 is 0 Å². The first kappa shape index (κ1) is 9.96. The van der Waals surface area contributed by atoms with Crippen molar-refractivity contribution in [3.05, 3.63) is 0 Å². The molecule has 0 aromatic rings. The zero-order chi connectivity index (χ0) is 8.97. The Hall–Kier alpha value is -0.120. The van der Waals surface area contributed by atoms with Gasteiger partial charge in [0.25, 0.3) is 0 Å². The molecule has 2 atom stereocenters. The molecule has 2 unspecified atom stereocenters. The lowest BCUT2D eigenvalue weighted by Crippen LogP contribution is -2.47. The lowest BCUT2D eigenvalue weighted by molar-refractivity contribution is -0.0492. The van der Waals surface area contributed by atoms with Crippen LogP contribution in [-0.2, 0) is 4.74 Å². The number of ether oxygens (including phenoxy) is 1. The molecule has 0 amide bonds. The summed E-state index contributed by atoms with van der Waals surface area (Å²) >= 11 is 0. The molecule has 3 nitrogen and oxygen atoms in total. The van der Waals surface area contributed by atoms with Crippen molar-refractivity contribution >= 4 is 0 Å². The largest absolute Gasteiger partial charge is 0.376 e. The zero-order valence-electron chi connectivity index (χ0n) is 8.12. The molecule has 1 rings (SSSR count). The maximum absolute atomic E-state index is 5.53. The van der Waals surface area contributed by atoms with E-state index in [1.165, 1.54) is 0 Å². The number of hydrogen-bond acceptors (Lipinski definition) is 3. The quantitative estimate of drug-likeness (QED) is 0.671. The molecule has 0 aromatic heterocycles. The monoisotopic (exact) mass is 172 g/mol. The molecule has 1 saturated heterocycles. The SMILES string of the molecule is CC1CN(CCCN)C(C)CO1. The topological polar surface area (TPSA) is 38.5 Å². The Bertz CT molecular complexity index is 130. The van der Waals surface area contributed by atoms with Gasteiger partial charge < -0.3 is 10.5 Å². The fourth-order valence-corrected chi connectivity index (χ4v) is 1.58. The molecule has 3 heteroatoms. The lowest BCUT2D eigenvalue weighted by Gasteiger charge is -2.36. The highest BCUT2D eigenvalue weighted by molar-refractivity contribution is 4.74.